The monoisotopic (exact) mass is 442 g/mol. The van der Waals surface area contributed by atoms with Gasteiger partial charge in [-0.2, -0.15) is 0 Å². The fourth-order valence-corrected chi connectivity index (χ4v) is 8.31. The van der Waals surface area contributed by atoms with Gasteiger partial charge in [0.2, 0.25) is 0 Å². The molecule has 0 aromatic carbocycles. The maximum Gasteiger partial charge on any atom is 0.331 e. The number of allylic oxidation sites excluding steroid dienone is 2. The minimum Gasteiger partial charge on any atom is -0.467 e. The van der Waals surface area contributed by atoms with Gasteiger partial charge in [-0.1, -0.05) is 18.6 Å². The van der Waals surface area contributed by atoms with Gasteiger partial charge in [-0.15, -0.1) is 0 Å². The molecule has 0 N–H and O–H groups in total. The van der Waals surface area contributed by atoms with Crippen LogP contribution < -0.4 is 0 Å². The van der Waals surface area contributed by atoms with E-state index in [2.05, 4.69) is 13.0 Å². The molecule has 0 spiro atoms. The number of carbonyl (C=O) groups excluding carboxylic acids is 3. The van der Waals surface area contributed by atoms with E-state index in [1.807, 2.05) is 0 Å². The predicted octanol–water partition coefficient (Wildman–Crippen LogP) is 4.13. The van der Waals surface area contributed by atoms with Gasteiger partial charge in [0.05, 0.1) is 6.61 Å². The van der Waals surface area contributed by atoms with Crippen molar-refractivity contribution in [1.82, 2.24) is 0 Å². The molecule has 0 radical (unpaired) electrons. The van der Waals surface area contributed by atoms with Gasteiger partial charge in [0.15, 0.2) is 0 Å². The van der Waals surface area contributed by atoms with Gasteiger partial charge in [0.25, 0.3) is 6.47 Å². The molecule has 0 aromatic rings. The summed E-state index contributed by atoms with van der Waals surface area (Å²) in [5, 5.41) is 0. The van der Waals surface area contributed by atoms with Gasteiger partial charge >= 0.3 is 11.9 Å². The van der Waals surface area contributed by atoms with Gasteiger partial charge < -0.3 is 14.2 Å². The van der Waals surface area contributed by atoms with Gasteiger partial charge in [-0.05, 0) is 86.0 Å². The van der Waals surface area contributed by atoms with Gasteiger partial charge in [0.1, 0.15) is 12.7 Å². The predicted molar refractivity (Wildman–Crippen MR) is 116 cm³/mol. The lowest BCUT2D eigenvalue weighted by Crippen LogP contribution is -2.55. The zero-order valence-corrected chi connectivity index (χ0v) is 19.1. The van der Waals surface area contributed by atoms with Crippen molar-refractivity contribution in [2.75, 3.05) is 13.2 Å². The maximum atomic E-state index is 11.7. The summed E-state index contributed by atoms with van der Waals surface area (Å²) < 4.78 is 16.3. The minimum absolute atomic E-state index is 0.0193. The topological polar surface area (TPSA) is 78.9 Å². The third-order valence-electron chi connectivity index (χ3n) is 9.60. The number of rotatable bonds is 5. The van der Waals surface area contributed by atoms with Crippen molar-refractivity contribution in [3.05, 3.63) is 23.3 Å². The van der Waals surface area contributed by atoms with Crippen molar-refractivity contribution in [1.29, 1.82) is 0 Å². The maximum absolute atomic E-state index is 11.7. The lowest BCUT2D eigenvalue weighted by atomic mass is 9.45. The summed E-state index contributed by atoms with van der Waals surface area (Å²) in [6.07, 6.45) is 12.2. The SMILES string of the molecule is CC(=O)O[C@H]1CC[C@@]2(COC=O)[C@@H](CC[C@H]3C4=CC[C@H](C5=CC(=O)OC5)[C@@]4(C)CC[C@@H]32)C1. The van der Waals surface area contributed by atoms with Crippen LogP contribution in [0.1, 0.15) is 65.2 Å². The lowest BCUT2D eigenvalue weighted by molar-refractivity contribution is -0.165. The van der Waals surface area contributed by atoms with E-state index in [0.717, 1.165) is 56.9 Å². The Morgan fingerprint density at radius 3 is 2.81 bits per heavy atom. The third kappa shape index (κ3) is 3.32. The van der Waals surface area contributed by atoms with Crippen molar-refractivity contribution >= 4 is 18.4 Å². The minimum atomic E-state index is -0.209. The second kappa shape index (κ2) is 8.03. The summed E-state index contributed by atoms with van der Waals surface area (Å²) in [6, 6.07) is 0. The van der Waals surface area contributed by atoms with Crippen LogP contribution in [0.3, 0.4) is 0 Å². The number of cyclic esters (lactones) is 1. The van der Waals surface area contributed by atoms with Crippen LogP contribution in [0, 0.1) is 34.5 Å². The molecule has 5 rings (SSSR count). The first-order valence-electron chi connectivity index (χ1n) is 12.2. The molecule has 6 nitrogen and oxygen atoms in total. The quantitative estimate of drug-likeness (QED) is 0.276. The molecular formula is C26H34O6. The normalized spacial score (nSPS) is 42.6. The zero-order chi connectivity index (χ0) is 22.5. The number of hydrogen-bond acceptors (Lipinski definition) is 6. The van der Waals surface area contributed by atoms with E-state index in [4.69, 9.17) is 14.2 Å². The number of hydrogen-bond donors (Lipinski definition) is 0. The second-order valence-electron chi connectivity index (χ2n) is 10.9. The molecule has 0 amide bonds. The Morgan fingerprint density at radius 1 is 1.25 bits per heavy atom. The van der Waals surface area contributed by atoms with E-state index in [-0.39, 0.29) is 28.9 Å². The highest BCUT2D eigenvalue weighted by molar-refractivity contribution is 5.85. The Labute approximate surface area is 189 Å². The molecule has 0 saturated heterocycles. The molecule has 32 heavy (non-hydrogen) atoms. The van der Waals surface area contributed by atoms with Crippen molar-refractivity contribution in [3.63, 3.8) is 0 Å². The summed E-state index contributed by atoms with van der Waals surface area (Å²) in [5.74, 6) is 1.32. The summed E-state index contributed by atoms with van der Waals surface area (Å²) in [7, 11) is 0. The van der Waals surface area contributed by atoms with E-state index in [1.54, 1.807) is 11.6 Å². The molecule has 7 atom stereocenters. The first kappa shape index (κ1) is 21.7. The van der Waals surface area contributed by atoms with Crippen LogP contribution in [0.25, 0.3) is 0 Å². The molecule has 4 aliphatic carbocycles. The van der Waals surface area contributed by atoms with Crippen LogP contribution in [-0.2, 0) is 28.6 Å². The highest BCUT2D eigenvalue weighted by atomic mass is 16.5. The zero-order valence-electron chi connectivity index (χ0n) is 19.1. The van der Waals surface area contributed by atoms with E-state index in [9.17, 15) is 14.4 Å². The number of fused-ring (bicyclic) bond motifs is 5. The summed E-state index contributed by atoms with van der Waals surface area (Å²) in [4.78, 5) is 34.4. The summed E-state index contributed by atoms with van der Waals surface area (Å²) in [6.45, 7) is 5.36. The lowest BCUT2D eigenvalue weighted by Gasteiger charge is -2.60. The molecule has 1 aliphatic heterocycles. The summed E-state index contributed by atoms with van der Waals surface area (Å²) in [5.41, 5.74) is 2.75. The van der Waals surface area contributed by atoms with Gasteiger partial charge in [0, 0.05) is 18.4 Å². The molecule has 0 bridgehead atoms. The number of carbonyl (C=O) groups is 3. The van der Waals surface area contributed by atoms with Crippen LogP contribution in [0.5, 0.6) is 0 Å². The van der Waals surface area contributed by atoms with Crippen LogP contribution in [-0.4, -0.2) is 37.7 Å². The molecule has 0 aromatic heterocycles. The van der Waals surface area contributed by atoms with E-state index < -0.39 is 0 Å². The molecule has 3 fully saturated rings. The van der Waals surface area contributed by atoms with E-state index in [1.165, 1.54) is 6.92 Å². The van der Waals surface area contributed by atoms with Gasteiger partial charge in [-0.3, -0.25) is 9.59 Å². The van der Waals surface area contributed by atoms with E-state index in [0.29, 0.717) is 43.4 Å². The van der Waals surface area contributed by atoms with Crippen molar-refractivity contribution in [2.24, 2.45) is 34.5 Å². The van der Waals surface area contributed by atoms with Crippen molar-refractivity contribution < 1.29 is 28.6 Å². The van der Waals surface area contributed by atoms with Crippen LogP contribution in [0.2, 0.25) is 0 Å². The highest BCUT2D eigenvalue weighted by Crippen LogP contribution is 2.67. The first-order chi connectivity index (χ1) is 15.4. The summed E-state index contributed by atoms with van der Waals surface area (Å²) >= 11 is 0. The second-order valence-corrected chi connectivity index (χ2v) is 10.9. The number of esters is 2. The van der Waals surface area contributed by atoms with Crippen molar-refractivity contribution in [2.45, 2.75) is 71.3 Å². The molecule has 0 unspecified atom stereocenters. The Kier molecular flexibility index (Phi) is 5.45. The van der Waals surface area contributed by atoms with Crippen molar-refractivity contribution in [3.8, 4) is 0 Å². The molecule has 174 valence electrons. The first-order valence-corrected chi connectivity index (χ1v) is 12.2. The number of ether oxygens (including phenoxy) is 3. The Morgan fingerprint density at radius 2 is 2.09 bits per heavy atom. The smallest absolute Gasteiger partial charge is 0.331 e. The third-order valence-corrected chi connectivity index (χ3v) is 9.60. The Hall–Kier alpha value is -2.11. The fourth-order valence-electron chi connectivity index (χ4n) is 8.31. The largest absolute Gasteiger partial charge is 0.467 e. The molecular weight excluding hydrogens is 408 g/mol. The standard InChI is InChI=1S/C26H34O6/c1-16(28)32-19-7-10-26(14-30-15-27)18(12-19)3-4-20-22-6-5-21(17-11-24(29)31-13-17)25(22,2)9-8-23(20)26/h6,11,15,18-21,23H,3-5,7-10,12-14H2,1-2H3/t18-,19-,20-,21+,23-,25+,26+/m0/s1. The Balaban J connectivity index is 1.41. The van der Waals surface area contributed by atoms with Gasteiger partial charge in [-0.25, -0.2) is 4.79 Å². The molecule has 1 heterocycles. The average Bonchev–Trinajstić information content (AvgIpc) is 3.34. The van der Waals surface area contributed by atoms with Crippen LogP contribution in [0.4, 0.5) is 0 Å². The van der Waals surface area contributed by atoms with Crippen LogP contribution >= 0.6 is 0 Å². The van der Waals surface area contributed by atoms with Crippen LogP contribution in [0.15, 0.2) is 23.3 Å². The molecule has 6 heteroatoms. The van der Waals surface area contributed by atoms with E-state index >= 15 is 0 Å². The molecule has 5 aliphatic rings. The molecule has 3 saturated carbocycles. The average molecular weight is 443 g/mol. The Bertz CT molecular complexity index is 874. The fraction of sp³-hybridized carbons (Fsp3) is 0.731. The highest BCUT2D eigenvalue weighted by Gasteiger charge is 2.60.